The molecular weight excluding hydrogens is 252 g/mol. The van der Waals surface area contributed by atoms with Crippen LogP contribution in [-0.4, -0.2) is 20.0 Å². The predicted molar refractivity (Wildman–Crippen MR) is 77.2 cm³/mol. The molecule has 3 atom stereocenters. The van der Waals surface area contributed by atoms with Crippen LogP contribution >= 0.6 is 0 Å². The summed E-state index contributed by atoms with van der Waals surface area (Å²) >= 11 is 0. The van der Waals surface area contributed by atoms with Crippen LogP contribution in [-0.2, 0) is 11.2 Å². The second-order valence-corrected chi connectivity index (χ2v) is 6.11. The summed E-state index contributed by atoms with van der Waals surface area (Å²) in [5.74, 6) is 3.60. The van der Waals surface area contributed by atoms with Crippen molar-refractivity contribution >= 4 is 5.78 Å². The maximum Gasteiger partial charge on any atom is 0.161 e. The molecule has 0 amide bonds. The Bertz CT molecular complexity index is 509. The van der Waals surface area contributed by atoms with Crippen LogP contribution in [0.2, 0.25) is 0 Å². The molecule has 3 rings (SSSR count). The van der Waals surface area contributed by atoms with E-state index in [2.05, 4.69) is 0 Å². The fraction of sp³-hybridized carbons (Fsp3) is 0.588. The molecule has 0 heterocycles. The molecular formula is C17H22O3. The quantitative estimate of drug-likeness (QED) is 0.826. The molecule has 2 bridgehead atoms. The number of Topliss-reactive ketones (excluding diaryl/α,β-unsaturated/α-hetero) is 1. The second-order valence-electron chi connectivity index (χ2n) is 6.11. The number of ketones is 1. The van der Waals surface area contributed by atoms with E-state index in [0.717, 1.165) is 17.9 Å². The molecule has 20 heavy (non-hydrogen) atoms. The molecule has 2 saturated carbocycles. The van der Waals surface area contributed by atoms with E-state index in [4.69, 9.17) is 9.47 Å². The van der Waals surface area contributed by atoms with Gasteiger partial charge in [0.1, 0.15) is 5.78 Å². The Labute approximate surface area is 120 Å². The lowest BCUT2D eigenvalue weighted by atomic mass is 9.83. The smallest absolute Gasteiger partial charge is 0.161 e. The van der Waals surface area contributed by atoms with Gasteiger partial charge in [-0.3, -0.25) is 4.79 Å². The maximum atomic E-state index is 12.5. The first-order chi connectivity index (χ1) is 9.71. The molecule has 3 unspecified atom stereocenters. The van der Waals surface area contributed by atoms with E-state index in [-0.39, 0.29) is 0 Å². The van der Waals surface area contributed by atoms with Crippen LogP contribution in [0.1, 0.15) is 31.2 Å². The Hall–Kier alpha value is -1.51. The third-order valence-corrected chi connectivity index (χ3v) is 4.98. The summed E-state index contributed by atoms with van der Waals surface area (Å²) in [4.78, 5) is 12.5. The second kappa shape index (κ2) is 5.47. The number of hydrogen-bond acceptors (Lipinski definition) is 3. The summed E-state index contributed by atoms with van der Waals surface area (Å²) in [5, 5.41) is 0. The van der Waals surface area contributed by atoms with Crippen LogP contribution < -0.4 is 9.47 Å². The molecule has 0 aromatic heterocycles. The summed E-state index contributed by atoms with van der Waals surface area (Å²) in [7, 11) is 3.25. The molecule has 1 aromatic rings. The van der Waals surface area contributed by atoms with Crippen LogP contribution in [0.15, 0.2) is 18.2 Å². The molecule has 2 aliphatic rings. The molecule has 2 aliphatic carbocycles. The fourth-order valence-electron chi connectivity index (χ4n) is 3.96. The van der Waals surface area contributed by atoms with E-state index in [9.17, 15) is 4.79 Å². The highest BCUT2D eigenvalue weighted by atomic mass is 16.5. The van der Waals surface area contributed by atoms with Gasteiger partial charge in [0.15, 0.2) is 11.5 Å². The van der Waals surface area contributed by atoms with Gasteiger partial charge in [-0.1, -0.05) is 12.5 Å². The molecule has 0 aliphatic heterocycles. The highest BCUT2D eigenvalue weighted by Gasteiger charge is 2.42. The number of hydrogen-bond donors (Lipinski definition) is 0. The summed E-state index contributed by atoms with van der Waals surface area (Å²) in [6.07, 6.45) is 5.52. The first kappa shape index (κ1) is 13.5. The van der Waals surface area contributed by atoms with Gasteiger partial charge in [0, 0.05) is 12.3 Å². The van der Waals surface area contributed by atoms with Gasteiger partial charge in [0.05, 0.1) is 14.2 Å². The van der Waals surface area contributed by atoms with Gasteiger partial charge in [0.2, 0.25) is 0 Å². The van der Waals surface area contributed by atoms with Crippen LogP contribution in [0.3, 0.4) is 0 Å². The Morgan fingerprint density at radius 2 is 1.95 bits per heavy atom. The highest BCUT2D eigenvalue weighted by molar-refractivity contribution is 5.84. The number of carbonyl (C=O) groups excluding carboxylic acids is 1. The maximum absolute atomic E-state index is 12.5. The van der Waals surface area contributed by atoms with Crippen molar-refractivity contribution in [2.45, 2.75) is 32.1 Å². The lowest BCUT2D eigenvalue weighted by Gasteiger charge is -2.20. The van der Waals surface area contributed by atoms with Crippen molar-refractivity contribution in [2.24, 2.45) is 17.8 Å². The van der Waals surface area contributed by atoms with E-state index in [1.807, 2.05) is 18.2 Å². The Morgan fingerprint density at radius 1 is 1.15 bits per heavy atom. The van der Waals surface area contributed by atoms with Gasteiger partial charge in [0.25, 0.3) is 0 Å². The lowest BCUT2D eigenvalue weighted by molar-refractivity contribution is -0.123. The van der Waals surface area contributed by atoms with Gasteiger partial charge in [-0.25, -0.2) is 0 Å². The van der Waals surface area contributed by atoms with Crippen molar-refractivity contribution < 1.29 is 14.3 Å². The zero-order chi connectivity index (χ0) is 14.1. The summed E-state index contributed by atoms with van der Waals surface area (Å²) < 4.78 is 10.5. The first-order valence-electron chi connectivity index (χ1n) is 7.45. The lowest BCUT2D eigenvalue weighted by Crippen LogP contribution is -2.22. The number of carbonyl (C=O) groups is 1. The third kappa shape index (κ3) is 2.41. The van der Waals surface area contributed by atoms with Crippen molar-refractivity contribution in [3.05, 3.63) is 23.8 Å². The van der Waals surface area contributed by atoms with E-state index < -0.39 is 0 Å². The van der Waals surface area contributed by atoms with Crippen molar-refractivity contribution in [2.75, 3.05) is 14.2 Å². The van der Waals surface area contributed by atoms with Crippen LogP contribution in [0.5, 0.6) is 11.5 Å². The molecule has 2 fully saturated rings. The van der Waals surface area contributed by atoms with Crippen LogP contribution in [0.25, 0.3) is 0 Å². The minimum Gasteiger partial charge on any atom is -0.493 e. The summed E-state index contributed by atoms with van der Waals surface area (Å²) in [6, 6.07) is 5.76. The van der Waals surface area contributed by atoms with Crippen LogP contribution in [0.4, 0.5) is 0 Å². The Balaban J connectivity index is 1.70. The molecule has 0 N–H and O–H groups in total. The number of ether oxygens (including phenoxy) is 2. The average Bonchev–Trinajstić information content (AvgIpc) is 3.09. The minimum atomic E-state index is 0.307. The number of fused-ring (bicyclic) bond motifs is 2. The topological polar surface area (TPSA) is 35.5 Å². The zero-order valence-corrected chi connectivity index (χ0v) is 12.2. The van der Waals surface area contributed by atoms with Gasteiger partial charge in [-0.15, -0.1) is 0 Å². The summed E-state index contributed by atoms with van der Waals surface area (Å²) in [5.41, 5.74) is 1.02. The van der Waals surface area contributed by atoms with Crippen LogP contribution in [0, 0.1) is 17.8 Å². The average molecular weight is 274 g/mol. The molecule has 3 nitrogen and oxygen atoms in total. The van der Waals surface area contributed by atoms with Gasteiger partial charge < -0.3 is 9.47 Å². The van der Waals surface area contributed by atoms with Gasteiger partial charge in [-0.2, -0.15) is 0 Å². The number of methoxy groups -OCH3 is 2. The third-order valence-electron chi connectivity index (χ3n) is 4.98. The van der Waals surface area contributed by atoms with Gasteiger partial charge >= 0.3 is 0 Å². The summed E-state index contributed by atoms with van der Waals surface area (Å²) in [6.45, 7) is 0. The molecule has 0 spiro atoms. The molecule has 0 saturated heterocycles. The van der Waals surface area contributed by atoms with E-state index >= 15 is 0 Å². The predicted octanol–water partition coefficient (Wildman–Crippen LogP) is 3.25. The van der Waals surface area contributed by atoms with Crippen molar-refractivity contribution in [1.82, 2.24) is 0 Å². The SMILES string of the molecule is COc1ccc(CC(=O)C2CC3CCC2C3)cc1OC. The van der Waals surface area contributed by atoms with Crippen molar-refractivity contribution in [3.8, 4) is 11.5 Å². The van der Waals surface area contributed by atoms with Crippen molar-refractivity contribution in [3.63, 3.8) is 0 Å². The number of benzene rings is 1. The normalized spacial score (nSPS) is 27.6. The molecule has 3 heteroatoms. The largest absolute Gasteiger partial charge is 0.493 e. The molecule has 1 aromatic carbocycles. The standard InChI is InChI=1S/C17H22O3/c1-19-16-6-4-12(10-17(16)20-2)9-15(18)14-8-11-3-5-13(14)7-11/h4,6,10-11,13-14H,3,5,7-9H2,1-2H3. The first-order valence-corrected chi connectivity index (χ1v) is 7.45. The van der Waals surface area contributed by atoms with E-state index in [1.165, 1.54) is 19.3 Å². The molecule has 108 valence electrons. The molecule has 0 radical (unpaired) electrons. The minimum absolute atomic E-state index is 0.307. The van der Waals surface area contributed by atoms with Gasteiger partial charge in [-0.05, 0) is 48.8 Å². The Kier molecular flexibility index (Phi) is 3.68. The monoisotopic (exact) mass is 274 g/mol. The van der Waals surface area contributed by atoms with E-state index in [0.29, 0.717) is 35.5 Å². The zero-order valence-electron chi connectivity index (χ0n) is 12.2. The van der Waals surface area contributed by atoms with Crippen molar-refractivity contribution in [1.29, 1.82) is 0 Å². The van der Waals surface area contributed by atoms with E-state index in [1.54, 1.807) is 14.2 Å². The highest BCUT2D eigenvalue weighted by Crippen LogP contribution is 2.48. The Morgan fingerprint density at radius 3 is 2.55 bits per heavy atom. The fourth-order valence-corrected chi connectivity index (χ4v) is 3.96. The number of rotatable bonds is 5.